The average molecular weight is 422 g/mol. The zero-order valence-corrected chi connectivity index (χ0v) is 17.5. The van der Waals surface area contributed by atoms with Crippen molar-refractivity contribution in [3.8, 4) is 0 Å². The van der Waals surface area contributed by atoms with Crippen LogP contribution in [0.15, 0.2) is 42.5 Å². The Balaban J connectivity index is 1.65. The van der Waals surface area contributed by atoms with Gasteiger partial charge in [0, 0.05) is 17.4 Å². The van der Waals surface area contributed by atoms with Gasteiger partial charge in [-0.1, -0.05) is 36.8 Å². The summed E-state index contributed by atoms with van der Waals surface area (Å²) in [6.45, 7) is 1.33. The SMILES string of the molecule is CC(=O)NNC(=O)c1c(NC(=O)c2ccc3ccccc3c2)sc2c1CCCCC2. The Kier molecular flexibility index (Phi) is 5.81. The van der Waals surface area contributed by atoms with E-state index in [1.807, 2.05) is 36.4 Å². The second kappa shape index (κ2) is 8.67. The van der Waals surface area contributed by atoms with Gasteiger partial charge in [0.15, 0.2) is 0 Å². The van der Waals surface area contributed by atoms with Crippen LogP contribution in [-0.4, -0.2) is 17.7 Å². The molecule has 1 heterocycles. The number of carbonyl (C=O) groups excluding carboxylic acids is 3. The lowest BCUT2D eigenvalue weighted by Crippen LogP contribution is -2.40. The second-order valence-corrected chi connectivity index (χ2v) is 8.53. The summed E-state index contributed by atoms with van der Waals surface area (Å²) in [5.74, 6) is -1.02. The van der Waals surface area contributed by atoms with Crippen molar-refractivity contribution in [3.05, 3.63) is 64.0 Å². The number of amides is 3. The lowest BCUT2D eigenvalue weighted by atomic mass is 10.0. The van der Waals surface area contributed by atoms with Crippen molar-refractivity contribution in [2.45, 2.75) is 39.0 Å². The van der Waals surface area contributed by atoms with Gasteiger partial charge in [-0.2, -0.15) is 0 Å². The molecular formula is C23H23N3O3S. The van der Waals surface area contributed by atoms with Crippen molar-refractivity contribution < 1.29 is 14.4 Å². The van der Waals surface area contributed by atoms with Gasteiger partial charge >= 0.3 is 0 Å². The molecule has 3 N–H and O–H groups in total. The highest BCUT2D eigenvalue weighted by Gasteiger charge is 2.26. The monoisotopic (exact) mass is 421 g/mol. The summed E-state index contributed by atoms with van der Waals surface area (Å²) in [6, 6.07) is 13.4. The van der Waals surface area contributed by atoms with Crippen LogP contribution >= 0.6 is 11.3 Å². The number of nitrogens with one attached hydrogen (secondary N) is 3. The minimum atomic E-state index is -0.404. The van der Waals surface area contributed by atoms with Crippen molar-refractivity contribution in [2.24, 2.45) is 0 Å². The smallest absolute Gasteiger partial charge is 0.272 e. The summed E-state index contributed by atoms with van der Waals surface area (Å²) >= 11 is 1.46. The Morgan fingerprint density at radius 2 is 1.63 bits per heavy atom. The number of carbonyl (C=O) groups is 3. The van der Waals surface area contributed by atoms with E-state index < -0.39 is 5.91 Å². The molecule has 1 aromatic heterocycles. The third-order valence-electron chi connectivity index (χ3n) is 5.24. The molecule has 0 saturated carbocycles. The predicted octanol–water partition coefficient (Wildman–Crippen LogP) is 4.20. The molecule has 0 radical (unpaired) electrons. The number of hydrogen-bond donors (Lipinski definition) is 3. The fourth-order valence-electron chi connectivity index (χ4n) is 3.78. The van der Waals surface area contributed by atoms with E-state index in [1.54, 1.807) is 6.07 Å². The van der Waals surface area contributed by atoms with Gasteiger partial charge in [0.25, 0.3) is 11.8 Å². The lowest BCUT2D eigenvalue weighted by Gasteiger charge is -2.10. The number of hydrogen-bond acceptors (Lipinski definition) is 4. The van der Waals surface area contributed by atoms with Crippen LogP contribution in [0.2, 0.25) is 0 Å². The quantitative estimate of drug-likeness (QED) is 0.437. The number of rotatable bonds is 3. The van der Waals surface area contributed by atoms with E-state index in [4.69, 9.17) is 0 Å². The molecule has 30 heavy (non-hydrogen) atoms. The third-order valence-corrected chi connectivity index (χ3v) is 6.45. The third kappa shape index (κ3) is 4.21. The normalized spacial score (nSPS) is 13.2. The predicted molar refractivity (Wildman–Crippen MR) is 119 cm³/mol. The summed E-state index contributed by atoms with van der Waals surface area (Å²) in [5.41, 5.74) is 6.76. The molecule has 0 bridgehead atoms. The molecule has 2 aromatic carbocycles. The molecule has 0 spiro atoms. The summed E-state index contributed by atoms with van der Waals surface area (Å²) < 4.78 is 0. The van der Waals surface area contributed by atoms with Gasteiger partial charge in [0.1, 0.15) is 5.00 Å². The summed E-state index contributed by atoms with van der Waals surface area (Å²) in [6.07, 6.45) is 4.88. The summed E-state index contributed by atoms with van der Waals surface area (Å²) in [4.78, 5) is 38.2. The number of aryl methyl sites for hydroxylation is 1. The molecule has 0 atom stereocenters. The maximum Gasteiger partial charge on any atom is 0.272 e. The summed E-state index contributed by atoms with van der Waals surface area (Å²) in [7, 11) is 0. The van der Waals surface area contributed by atoms with E-state index in [0.29, 0.717) is 16.1 Å². The molecule has 3 amide bonds. The van der Waals surface area contributed by atoms with E-state index in [2.05, 4.69) is 16.2 Å². The number of benzene rings is 2. The average Bonchev–Trinajstić information content (AvgIpc) is 2.91. The van der Waals surface area contributed by atoms with Crippen LogP contribution in [0.5, 0.6) is 0 Å². The van der Waals surface area contributed by atoms with Crippen molar-refractivity contribution in [1.82, 2.24) is 10.9 Å². The molecular weight excluding hydrogens is 398 g/mol. The van der Waals surface area contributed by atoms with Gasteiger partial charge in [0.05, 0.1) is 5.56 Å². The minimum absolute atomic E-state index is 0.259. The van der Waals surface area contributed by atoms with Crippen LogP contribution in [0.1, 0.15) is 57.3 Å². The molecule has 6 nitrogen and oxygen atoms in total. The van der Waals surface area contributed by atoms with E-state index in [0.717, 1.165) is 53.3 Å². The Hall–Kier alpha value is -3.19. The van der Waals surface area contributed by atoms with Gasteiger partial charge in [-0.15, -0.1) is 11.3 Å². The molecule has 0 unspecified atom stereocenters. The van der Waals surface area contributed by atoms with Crippen molar-refractivity contribution in [3.63, 3.8) is 0 Å². The Morgan fingerprint density at radius 3 is 2.43 bits per heavy atom. The molecule has 0 saturated heterocycles. The number of fused-ring (bicyclic) bond motifs is 2. The number of anilines is 1. The second-order valence-electron chi connectivity index (χ2n) is 7.42. The maximum atomic E-state index is 13.0. The zero-order chi connectivity index (χ0) is 21.1. The number of hydrazine groups is 1. The highest BCUT2D eigenvalue weighted by Crippen LogP contribution is 2.37. The highest BCUT2D eigenvalue weighted by atomic mass is 32.1. The summed E-state index contributed by atoms with van der Waals surface area (Å²) in [5, 5.41) is 5.52. The largest absolute Gasteiger partial charge is 0.313 e. The van der Waals surface area contributed by atoms with Crippen LogP contribution in [-0.2, 0) is 17.6 Å². The highest BCUT2D eigenvalue weighted by molar-refractivity contribution is 7.17. The zero-order valence-electron chi connectivity index (χ0n) is 16.7. The van der Waals surface area contributed by atoms with Crippen LogP contribution in [0, 0.1) is 0 Å². The molecule has 0 fully saturated rings. The standard InChI is InChI=1S/C23H23N3O3S/c1-14(27)25-26-22(29)20-18-9-3-2-4-10-19(18)30-23(20)24-21(28)17-12-11-15-7-5-6-8-16(15)13-17/h5-8,11-13H,2-4,9-10H2,1H3,(H,24,28)(H,25,27)(H,26,29). The Bertz CT molecular complexity index is 1140. The first-order valence-corrected chi connectivity index (χ1v) is 10.9. The van der Waals surface area contributed by atoms with E-state index in [-0.39, 0.29) is 11.8 Å². The van der Waals surface area contributed by atoms with Crippen LogP contribution in [0.25, 0.3) is 10.8 Å². The van der Waals surface area contributed by atoms with Crippen molar-refractivity contribution in [2.75, 3.05) is 5.32 Å². The first-order chi connectivity index (χ1) is 14.5. The molecule has 154 valence electrons. The fraction of sp³-hybridized carbons (Fsp3) is 0.261. The van der Waals surface area contributed by atoms with E-state index in [1.165, 1.54) is 18.3 Å². The first-order valence-electron chi connectivity index (χ1n) is 10.0. The van der Waals surface area contributed by atoms with Crippen molar-refractivity contribution in [1.29, 1.82) is 0 Å². The Labute approximate surface area is 178 Å². The van der Waals surface area contributed by atoms with Crippen LogP contribution in [0.3, 0.4) is 0 Å². The lowest BCUT2D eigenvalue weighted by molar-refractivity contribution is -0.119. The fourth-order valence-corrected chi connectivity index (χ4v) is 5.07. The molecule has 7 heteroatoms. The van der Waals surface area contributed by atoms with Crippen LogP contribution in [0.4, 0.5) is 5.00 Å². The van der Waals surface area contributed by atoms with Gasteiger partial charge in [-0.05, 0) is 54.2 Å². The van der Waals surface area contributed by atoms with Gasteiger partial charge in [0.2, 0.25) is 5.91 Å². The van der Waals surface area contributed by atoms with E-state index in [9.17, 15) is 14.4 Å². The molecule has 1 aliphatic carbocycles. The molecule has 4 rings (SSSR count). The number of thiophene rings is 1. The minimum Gasteiger partial charge on any atom is -0.313 e. The Morgan fingerprint density at radius 1 is 0.867 bits per heavy atom. The van der Waals surface area contributed by atoms with Gasteiger partial charge in [-0.25, -0.2) is 0 Å². The molecule has 1 aliphatic rings. The maximum absolute atomic E-state index is 13.0. The van der Waals surface area contributed by atoms with Crippen molar-refractivity contribution >= 4 is 44.8 Å². The molecule has 0 aliphatic heterocycles. The first kappa shape index (κ1) is 20.1. The van der Waals surface area contributed by atoms with Gasteiger partial charge in [-0.3, -0.25) is 25.2 Å². The topological polar surface area (TPSA) is 87.3 Å². The van der Waals surface area contributed by atoms with Crippen LogP contribution < -0.4 is 16.2 Å². The molecule has 3 aromatic rings. The van der Waals surface area contributed by atoms with E-state index >= 15 is 0 Å². The van der Waals surface area contributed by atoms with Gasteiger partial charge < -0.3 is 5.32 Å².